The summed E-state index contributed by atoms with van der Waals surface area (Å²) in [5.74, 6) is 0.967. The second-order valence-electron chi connectivity index (χ2n) is 4.59. The molecule has 104 valence electrons. The quantitative estimate of drug-likeness (QED) is 0.606. The highest BCUT2D eigenvalue weighted by Crippen LogP contribution is 2.33. The van der Waals surface area contributed by atoms with Gasteiger partial charge in [0.2, 0.25) is 5.82 Å². The average Bonchev–Trinajstić information content (AvgIpc) is 3.17. The molecule has 0 aliphatic carbocycles. The van der Waals surface area contributed by atoms with E-state index in [2.05, 4.69) is 15.1 Å². The predicted molar refractivity (Wildman–Crippen MR) is 85.4 cm³/mol. The fourth-order valence-corrected chi connectivity index (χ4v) is 3.68. The van der Waals surface area contributed by atoms with Crippen LogP contribution in [0.2, 0.25) is 0 Å². The summed E-state index contributed by atoms with van der Waals surface area (Å²) < 4.78 is 6.44. The van der Waals surface area contributed by atoms with Gasteiger partial charge in [0, 0.05) is 16.6 Å². The molecule has 0 saturated carbocycles. The van der Waals surface area contributed by atoms with Gasteiger partial charge in [-0.3, -0.25) is 4.98 Å². The molecule has 4 aromatic heterocycles. The molecule has 5 nitrogen and oxygen atoms in total. The topological polar surface area (TPSA) is 77.8 Å². The number of hydrogen-bond donors (Lipinski definition) is 1. The summed E-state index contributed by atoms with van der Waals surface area (Å²) in [7, 11) is 0. The first-order chi connectivity index (χ1) is 10.2. The van der Waals surface area contributed by atoms with Gasteiger partial charge < -0.3 is 10.3 Å². The Morgan fingerprint density at radius 1 is 1.29 bits per heavy atom. The highest BCUT2D eigenvalue weighted by atomic mass is 32.1. The molecule has 0 bridgehead atoms. The van der Waals surface area contributed by atoms with Gasteiger partial charge in [0.25, 0.3) is 5.89 Å². The number of anilines is 1. The number of thiophene rings is 2. The Labute approximate surface area is 128 Å². The van der Waals surface area contributed by atoms with Crippen LogP contribution in [0.15, 0.2) is 34.3 Å². The van der Waals surface area contributed by atoms with E-state index in [1.54, 1.807) is 17.5 Å². The van der Waals surface area contributed by atoms with Gasteiger partial charge in [0.1, 0.15) is 0 Å². The number of aryl methyl sites for hydroxylation is 1. The molecule has 7 heteroatoms. The molecule has 0 fully saturated rings. The summed E-state index contributed by atoms with van der Waals surface area (Å²) in [4.78, 5) is 9.93. The number of aromatic nitrogens is 3. The lowest BCUT2D eigenvalue weighted by atomic mass is 10.2. The van der Waals surface area contributed by atoms with E-state index >= 15 is 0 Å². The molecule has 4 heterocycles. The van der Waals surface area contributed by atoms with Gasteiger partial charge in [0.05, 0.1) is 20.8 Å². The number of hydrogen-bond acceptors (Lipinski definition) is 7. The molecule has 0 aliphatic heterocycles. The monoisotopic (exact) mass is 314 g/mol. The van der Waals surface area contributed by atoms with E-state index in [1.165, 1.54) is 11.3 Å². The van der Waals surface area contributed by atoms with E-state index in [4.69, 9.17) is 10.3 Å². The van der Waals surface area contributed by atoms with Crippen molar-refractivity contribution in [3.63, 3.8) is 0 Å². The zero-order chi connectivity index (χ0) is 14.4. The molecule has 2 N–H and O–H groups in total. The van der Waals surface area contributed by atoms with Crippen molar-refractivity contribution in [1.82, 2.24) is 15.1 Å². The van der Waals surface area contributed by atoms with E-state index in [1.807, 2.05) is 30.5 Å². The minimum atomic E-state index is 0.443. The van der Waals surface area contributed by atoms with E-state index in [0.717, 1.165) is 26.2 Å². The standard InChI is InChI=1S/C14H10N4OS2/c1-7-4-9(12(15)21-7)14-17-13(18-19-14)8-5-11-10(16-6-8)2-3-20-11/h2-6H,15H2,1H3. The Hall–Kier alpha value is -2.25. The summed E-state index contributed by atoms with van der Waals surface area (Å²) in [5, 5.41) is 6.73. The number of fused-ring (bicyclic) bond motifs is 1. The zero-order valence-corrected chi connectivity index (χ0v) is 12.7. The smallest absolute Gasteiger partial charge is 0.261 e. The third kappa shape index (κ3) is 2.10. The first-order valence-electron chi connectivity index (χ1n) is 6.24. The van der Waals surface area contributed by atoms with Crippen molar-refractivity contribution in [1.29, 1.82) is 0 Å². The SMILES string of the molecule is Cc1cc(-c2nc(-c3cnc4ccsc4c3)no2)c(N)s1. The summed E-state index contributed by atoms with van der Waals surface area (Å²) in [6.07, 6.45) is 1.76. The van der Waals surface area contributed by atoms with E-state index < -0.39 is 0 Å². The fraction of sp³-hybridized carbons (Fsp3) is 0.0714. The van der Waals surface area contributed by atoms with E-state index in [0.29, 0.717) is 16.7 Å². The van der Waals surface area contributed by atoms with Crippen molar-refractivity contribution < 1.29 is 4.52 Å². The van der Waals surface area contributed by atoms with Crippen molar-refractivity contribution in [2.24, 2.45) is 0 Å². The molecule has 4 aromatic rings. The van der Waals surface area contributed by atoms with Crippen LogP contribution < -0.4 is 5.73 Å². The van der Waals surface area contributed by atoms with Gasteiger partial charge in [-0.15, -0.1) is 22.7 Å². The van der Waals surface area contributed by atoms with Crippen molar-refractivity contribution >= 4 is 37.9 Å². The first-order valence-corrected chi connectivity index (χ1v) is 7.94. The maximum Gasteiger partial charge on any atom is 0.261 e. The van der Waals surface area contributed by atoms with Gasteiger partial charge in [-0.2, -0.15) is 4.98 Å². The van der Waals surface area contributed by atoms with Crippen LogP contribution in [0.1, 0.15) is 4.88 Å². The molecule has 0 aliphatic rings. The number of nitrogens with two attached hydrogens (primary N) is 1. The van der Waals surface area contributed by atoms with Crippen LogP contribution >= 0.6 is 22.7 Å². The fourth-order valence-electron chi connectivity index (χ4n) is 2.12. The zero-order valence-electron chi connectivity index (χ0n) is 11.0. The molecular formula is C14H10N4OS2. The first kappa shape index (κ1) is 12.5. The minimum absolute atomic E-state index is 0.443. The number of nitrogens with zero attached hydrogens (tertiary/aromatic N) is 3. The third-order valence-electron chi connectivity index (χ3n) is 3.10. The average molecular weight is 314 g/mol. The van der Waals surface area contributed by atoms with Gasteiger partial charge in [0.15, 0.2) is 0 Å². The highest BCUT2D eigenvalue weighted by molar-refractivity contribution is 7.17. The highest BCUT2D eigenvalue weighted by Gasteiger charge is 2.15. The molecule has 0 saturated heterocycles. The molecule has 4 rings (SSSR count). The molecule has 0 radical (unpaired) electrons. The molecule has 0 unspecified atom stereocenters. The van der Waals surface area contributed by atoms with Crippen LogP contribution in [0.5, 0.6) is 0 Å². The normalized spacial score (nSPS) is 11.3. The molecule has 0 spiro atoms. The Morgan fingerprint density at radius 2 is 2.19 bits per heavy atom. The van der Waals surface area contributed by atoms with Crippen LogP contribution in [-0.2, 0) is 0 Å². The van der Waals surface area contributed by atoms with Crippen LogP contribution in [0, 0.1) is 6.92 Å². The van der Waals surface area contributed by atoms with Crippen LogP contribution in [-0.4, -0.2) is 15.1 Å². The predicted octanol–water partition coefficient (Wildman–Crippen LogP) is 3.97. The lowest BCUT2D eigenvalue weighted by Crippen LogP contribution is -1.85. The van der Waals surface area contributed by atoms with Crippen molar-refractivity contribution in [2.75, 3.05) is 5.73 Å². The Balaban J connectivity index is 1.78. The van der Waals surface area contributed by atoms with Gasteiger partial charge in [-0.05, 0) is 30.5 Å². The van der Waals surface area contributed by atoms with Crippen LogP contribution in [0.3, 0.4) is 0 Å². The number of rotatable bonds is 2. The maximum atomic E-state index is 5.96. The summed E-state index contributed by atoms with van der Waals surface area (Å²) >= 11 is 3.15. The Kier molecular flexibility index (Phi) is 2.76. The second-order valence-corrected chi connectivity index (χ2v) is 6.82. The van der Waals surface area contributed by atoms with E-state index in [9.17, 15) is 0 Å². The number of pyridine rings is 1. The van der Waals surface area contributed by atoms with Crippen LogP contribution in [0.25, 0.3) is 33.1 Å². The summed E-state index contributed by atoms with van der Waals surface area (Å²) in [6.45, 7) is 2.00. The van der Waals surface area contributed by atoms with Crippen molar-refractivity contribution in [2.45, 2.75) is 6.92 Å². The largest absolute Gasteiger partial charge is 0.390 e. The Bertz CT molecular complexity index is 937. The van der Waals surface area contributed by atoms with Crippen molar-refractivity contribution in [3.8, 4) is 22.8 Å². The minimum Gasteiger partial charge on any atom is -0.390 e. The molecule has 0 aromatic carbocycles. The molecule has 21 heavy (non-hydrogen) atoms. The third-order valence-corrected chi connectivity index (χ3v) is 4.83. The van der Waals surface area contributed by atoms with Gasteiger partial charge in [-0.1, -0.05) is 5.16 Å². The molecule has 0 atom stereocenters. The summed E-state index contributed by atoms with van der Waals surface area (Å²) in [6, 6.07) is 5.96. The van der Waals surface area contributed by atoms with Crippen molar-refractivity contribution in [3.05, 3.63) is 34.7 Å². The molecule has 0 amide bonds. The Morgan fingerprint density at radius 3 is 3.00 bits per heavy atom. The van der Waals surface area contributed by atoms with Gasteiger partial charge in [-0.25, -0.2) is 0 Å². The second kappa shape index (κ2) is 4.64. The summed E-state index contributed by atoms with van der Waals surface area (Å²) in [5.41, 5.74) is 8.57. The lowest BCUT2D eigenvalue weighted by Gasteiger charge is -1.93. The van der Waals surface area contributed by atoms with Gasteiger partial charge >= 0.3 is 0 Å². The van der Waals surface area contributed by atoms with E-state index in [-0.39, 0.29) is 0 Å². The lowest BCUT2D eigenvalue weighted by molar-refractivity contribution is 0.432. The van der Waals surface area contributed by atoms with Crippen LogP contribution in [0.4, 0.5) is 5.00 Å². The number of nitrogen functional groups attached to an aromatic ring is 1. The maximum absolute atomic E-state index is 5.96. The molecular weight excluding hydrogens is 304 g/mol.